The number of morpholine rings is 1. The number of hydrogen-bond donors (Lipinski definition) is 1. The van der Waals surface area contributed by atoms with Gasteiger partial charge in [0.2, 0.25) is 20.0 Å². The van der Waals surface area contributed by atoms with Crippen molar-refractivity contribution < 1.29 is 21.6 Å². The molecule has 31 heavy (non-hydrogen) atoms. The van der Waals surface area contributed by atoms with Crippen LogP contribution in [0.2, 0.25) is 0 Å². The van der Waals surface area contributed by atoms with Crippen molar-refractivity contribution in [3.63, 3.8) is 0 Å². The van der Waals surface area contributed by atoms with Crippen LogP contribution in [-0.4, -0.2) is 67.1 Å². The van der Waals surface area contributed by atoms with E-state index in [1.165, 1.54) is 28.6 Å². The van der Waals surface area contributed by atoms with Crippen molar-refractivity contribution in [2.75, 3.05) is 50.8 Å². The normalized spacial score (nSPS) is 20.8. The fourth-order valence-electron chi connectivity index (χ4n) is 3.91. The van der Waals surface area contributed by atoms with Crippen molar-refractivity contribution in [3.05, 3.63) is 54.6 Å². The van der Waals surface area contributed by atoms with E-state index in [1.807, 2.05) is 18.2 Å². The second-order valence-electron chi connectivity index (χ2n) is 7.78. The minimum Gasteiger partial charge on any atom is -0.379 e. The topological polar surface area (TPSA) is 96.0 Å². The lowest BCUT2D eigenvalue weighted by molar-refractivity contribution is 0.0730. The first-order valence-electron chi connectivity index (χ1n) is 10.3. The van der Waals surface area contributed by atoms with E-state index in [9.17, 15) is 16.8 Å². The summed E-state index contributed by atoms with van der Waals surface area (Å²) >= 11 is 0. The Morgan fingerprint density at radius 2 is 1.52 bits per heavy atom. The molecule has 2 aromatic rings. The summed E-state index contributed by atoms with van der Waals surface area (Å²) in [6.07, 6.45) is 0.911. The van der Waals surface area contributed by atoms with Crippen LogP contribution >= 0.6 is 0 Å². The summed E-state index contributed by atoms with van der Waals surface area (Å²) in [5.74, 6) is 0.218. The van der Waals surface area contributed by atoms with Crippen LogP contribution in [0.1, 0.15) is 6.42 Å². The molecule has 2 fully saturated rings. The molecule has 1 unspecified atom stereocenters. The van der Waals surface area contributed by atoms with E-state index >= 15 is 0 Å². The predicted molar refractivity (Wildman–Crippen MR) is 118 cm³/mol. The van der Waals surface area contributed by atoms with E-state index in [-0.39, 0.29) is 15.7 Å². The van der Waals surface area contributed by atoms with Crippen LogP contribution in [0.4, 0.5) is 5.69 Å². The van der Waals surface area contributed by atoms with E-state index in [4.69, 9.17) is 4.74 Å². The molecule has 0 bridgehead atoms. The predicted octanol–water partition coefficient (Wildman–Crippen LogP) is 1.51. The van der Waals surface area contributed by atoms with Crippen LogP contribution in [0.25, 0.3) is 0 Å². The molecule has 10 heteroatoms. The first-order valence-corrected chi connectivity index (χ1v) is 13.3. The molecular weight excluding hydrogens is 438 g/mol. The minimum absolute atomic E-state index is 0.0614. The van der Waals surface area contributed by atoms with Gasteiger partial charge in [0.15, 0.2) is 0 Å². The fraction of sp³-hybridized carbons (Fsp3) is 0.429. The van der Waals surface area contributed by atoms with Crippen LogP contribution < -0.4 is 9.62 Å². The van der Waals surface area contributed by atoms with Gasteiger partial charge >= 0.3 is 0 Å². The van der Waals surface area contributed by atoms with Crippen LogP contribution in [-0.2, 0) is 24.8 Å². The Bertz CT molecular complexity index is 1080. The number of nitrogens with zero attached hydrogens (tertiary/aromatic N) is 2. The Kier molecular flexibility index (Phi) is 6.63. The van der Waals surface area contributed by atoms with Crippen molar-refractivity contribution in [2.45, 2.75) is 16.2 Å². The summed E-state index contributed by atoms with van der Waals surface area (Å²) in [7, 11) is -7.36. The Balaban J connectivity index is 1.37. The molecule has 2 saturated heterocycles. The summed E-state index contributed by atoms with van der Waals surface area (Å²) in [6.45, 7) is 3.35. The number of anilines is 1. The molecule has 4 rings (SSSR count). The Labute approximate surface area is 183 Å². The van der Waals surface area contributed by atoms with Crippen molar-refractivity contribution in [1.82, 2.24) is 9.03 Å². The number of ether oxygens (including phenoxy) is 1. The van der Waals surface area contributed by atoms with Gasteiger partial charge in [0.1, 0.15) is 0 Å². The largest absolute Gasteiger partial charge is 0.379 e. The molecule has 1 atom stereocenters. The quantitative estimate of drug-likeness (QED) is 0.666. The molecule has 0 spiro atoms. The SMILES string of the molecule is O=S(=O)(NCC1CCN(c2ccccc2)C1)c1ccc(S(=O)(=O)N2CCOCC2)cc1. The highest BCUT2D eigenvalue weighted by Gasteiger charge is 2.28. The van der Waals surface area contributed by atoms with E-state index in [2.05, 4.69) is 21.8 Å². The molecule has 0 amide bonds. The highest BCUT2D eigenvalue weighted by atomic mass is 32.2. The van der Waals surface area contributed by atoms with Gasteiger partial charge in [-0.25, -0.2) is 21.6 Å². The van der Waals surface area contributed by atoms with Gasteiger partial charge in [-0.3, -0.25) is 0 Å². The maximum Gasteiger partial charge on any atom is 0.243 e. The summed E-state index contributed by atoms with van der Waals surface area (Å²) in [5, 5.41) is 0. The van der Waals surface area contributed by atoms with Crippen molar-refractivity contribution in [1.29, 1.82) is 0 Å². The van der Waals surface area contributed by atoms with E-state index in [0.717, 1.165) is 25.2 Å². The molecule has 0 aliphatic carbocycles. The first kappa shape index (κ1) is 22.2. The van der Waals surface area contributed by atoms with Crippen molar-refractivity contribution in [3.8, 4) is 0 Å². The third kappa shape index (κ3) is 5.09. The maximum absolute atomic E-state index is 12.7. The number of benzene rings is 2. The standard InChI is InChI=1S/C21H27N3O5S2/c25-30(26,22-16-18-10-11-23(17-18)19-4-2-1-3-5-19)20-6-8-21(9-7-20)31(27,28)24-12-14-29-15-13-24/h1-9,18,22H,10-17H2. The lowest BCUT2D eigenvalue weighted by Crippen LogP contribution is -2.40. The molecule has 0 aromatic heterocycles. The van der Waals surface area contributed by atoms with Gasteiger partial charge in [0, 0.05) is 38.4 Å². The van der Waals surface area contributed by atoms with E-state index in [0.29, 0.717) is 32.8 Å². The molecule has 2 heterocycles. The second kappa shape index (κ2) is 9.25. The number of para-hydroxylation sites is 1. The zero-order valence-corrected chi connectivity index (χ0v) is 18.8. The Hall–Kier alpha value is -1.98. The smallest absolute Gasteiger partial charge is 0.243 e. The number of hydrogen-bond acceptors (Lipinski definition) is 6. The summed E-state index contributed by atoms with van der Waals surface area (Å²) in [5.41, 5.74) is 1.14. The van der Waals surface area contributed by atoms with Crippen LogP contribution in [0.15, 0.2) is 64.4 Å². The van der Waals surface area contributed by atoms with Gasteiger partial charge in [-0.1, -0.05) is 18.2 Å². The lowest BCUT2D eigenvalue weighted by atomic mass is 10.1. The van der Waals surface area contributed by atoms with Gasteiger partial charge in [-0.2, -0.15) is 4.31 Å². The molecule has 1 N–H and O–H groups in total. The average Bonchev–Trinajstić information content (AvgIpc) is 3.28. The molecule has 168 valence electrons. The minimum atomic E-state index is -3.71. The molecule has 0 saturated carbocycles. The van der Waals surface area contributed by atoms with E-state index in [1.54, 1.807) is 0 Å². The number of rotatable bonds is 7. The third-order valence-corrected chi connectivity index (χ3v) is 9.06. The lowest BCUT2D eigenvalue weighted by Gasteiger charge is -2.26. The van der Waals surface area contributed by atoms with Crippen LogP contribution in [0.3, 0.4) is 0 Å². The Morgan fingerprint density at radius 1 is 0.871 bits per heavy atom. The molecule has 0 radical (unpaired) electrons. The third-order valence-electron chi connectivity index (χ3n) is 5.71. The molecule has 2 aromatic carbocycles. The summed E-state index contributed by atoms with van der Waals surface area (Å²) in [6, 6.07) is 15.5. The number of sulfonamides is 2. The molecule has 2 aliphatic heterocycles. The fourth-order valence-corrected chi connectivity index (χ4v) is 6.43. The second-order valence-corrected chi connectivity index (χ2v) is 11.5. The molecule has 8 nitrogen and oxygen atoms in total. The molecular formula is C21H27N3O5S2. The van der Waals surface area contributed by atoms with Crippen molar-refractivity contribution in [2.24, 2.45) is 5.92 Å². The van der Waals surface area contributed by atoms with Gasteiger partial charge in [0.05, 0.1) is 23.0 Å². The first-order chi connectivity index (χ1) is 14.9. The van der Waals surface area contributed by atoms with Crippen LogP contribution in [0.5, 0.6) is 0 Å². The maximum atomic E-state index is 12.7. The van der Waals surface area contributed by atoms with Gasteiger partial charge in [0.25, 0.3) is 0 Å². The van der Waals surface area contributed by atoms with Gasteiger partial charge in [-0.15, -0.1) is 0 Å². The molecule has 2 aliphatic rings. The van der Waals surface area contributed by atoms with Crippen molar-refractivity contribution >= 4 is 25.7 Å². The zero-order chi connectivity index (χ0) is 21.9. The summed E-state index contributed by atoms with van der Waals surface area (Å²) < 4.78 is 60.0. The van der Waals surface area contributed by atoms with E-state index < -0.39 is 20.0 Å². The van der Waals surface area contributed by atoms with Crippen LogP contribution in [0, 0.1) is 5.92 Å². The van der Waals surface area contributed by atoms with Gasteiger partial charge in [-0.05, 0) is 48.7 Å². The zero-order valence-electron chi connectivity index (χ0n) is 17.2. The van der Waals surface area contributed by atoms with Gasteiger partial charge < -0.3 is 9.64 Å². The Morgan fingerprint density at radius 3 is 2.19 bits per heavy atom. The monoisotopic (exact) mass is 465 g/mol. The number of nitrogens with one attached hydrogen (secondary N) is 1. The average molecular weight is 466 g/mol. The highest BCUT2D eigenvalue weighted by molar-refractivity contribution is 7.89. The highest BCUT2D eigenvalue weighted by Crippen LogP contribution is 2.24. The summed E-state index contributed by atoms with van der Waals surface area (Å²) in [4.78, 5) is 2.40.